The number of nitrogens with zero attached hydrogens (tertiary/aromatic N) is 3. The van der Waals surface area contributed by atoms with Crippen molar-refractivity contribution in [3.8, 4) is 0 Å². The molecule has 2 aromatic heterocycles. The van der Waals surface area contributed by atoms with E-state index in [1.165, 1.54) is 6.42 Å². The maximum atomic E-state index is 5.75. The number of anilines is 1. The van der Waals surface area contributed by atoms with Crippen LogP contribution in [0.2, 0.25) is 0 Å². The number of fused-ring (bicyclic) bond motifs is 1. The largest absolute Gasteiger partial charge is 0.376 e. The van der Waals surface area contributed by atoms with E-state index in [1.54, 1.807) is 0 Å². The van der Waals surface area contributed by atoms with Gasteiger partial charge in [-0.15, -0.1) is 0 Å². The lowest BCUT2D eigenvalue weighted by Crippen LogP contribution is -2.32. The third-order valence-electron chi connectivity index (χ3n) is 3.69. The van der Waals surface area contributed by atoms with Gasteiger partial charge >= 0.3 is 0 Å². The second-order valence-corrected chi connectivity index (χ2v) is 5.94. The van der Waals surface area contributed by atoms with E-state index in [9.17, 15) is 0 Å². The Hall–Kier alpha value is -1.20. The summed E-state index contributed by atoms with van der Waals surface area (Å²) in [5.74, 6) is 0. The summed E-state index contributed by atoms with van der Waals surface area (Å²) in [6, 6.07) is 4.05. The number of aromatic nitrogens is 2. The van der Waals surface area contributed by atoms with Crippen LogP contribution in [-0.4, -0.2) is 35.8 Å². The number of pyridine rings is 2. The van der Waals surface area contributed by atoms with Gasteiger partial charge in [-0.25, -0.2) is 0 Å². The number of halogens is 1. The fourth-order valence-corrected chi connectivity index (χ4v) is 3.00. The average Bonchev–Trinajstić information content (AvgIpc) is 2.97. The highest BCUT2D eigenvalue weighted by Gasteiger charge is 2.20. The molecule has 0 aromatic carbocycles. The van der Waals surface area contributed by atoms with Gasteiger partial charge in [0.1, 0.15) is 5.52 Å². The van der Waals surface area contributed by atoms with Crippen LogP contribution in [0.1, 0.15) is 19.8 Å². The highest BCUT2D eigenvalue weighted by molar-refractivity contribution is 9.10. The fraction of sp³-hybridized carbons (Fsp3) is 0.467. The Balaban J connectivity index is 1.94. The summed E-state index contributed by atoms with van der Waals surface area (Å²) in [6.07, 6.45) is 6.34. The van der Waals surface area contributed by atoms with Gasteiger partial charge < -0.3 is 9.64 Å². The highest BCUT2D eigenvalue weighted by atomic mass is 79.9. The van der Waals surface area contributed by atoms with Gasteiger partial charge in [0, 0.05) is 36.6 Å². The van der Waals surface area contributed by atoms with E-state index >= 15 is 0 Å². The molecule has 0 aliphatic carbocycles. The topological polar surface area (TPSA) is 38.2 Å². The second kappa shape index (κ2) is 6.06. The first-order valence-corrected chi connectivity index (χ1v) is 7.84. The molecule has 0 bridgehead atoms. The van der Waals surface area contributed by atoms with Gasteiger partial charge in [-0.2, -0.15) is 0 Å². The molecule has 2 aromatic rings. The zero-order valence-electron chi connectivity index (χ0n) is 11.6. The van der Waals surface area contributed by atoms with E-state index in [2.05, 4.69) is 37.7 Å². The summed E-state index contributed by atoms with van der Waals surface area (Å²) in [5, 5.41) is 0. The monoisotopic (exact) mass is 335 g/mol. The minimum atomic E-state index is 0.341. The Bertz CT molecular complexity index is 599. The van der Waals surface area contributed by atoms with E-state index in [1.807, 2.05) is 24.5 Å². The lowest BCUT2D eigenvalue weighted by atomic mass is 10.2. The van der Waals surface area contributed by atoms with Gasteiger partial charge in [-0.3, -0.25) is 9.97 Å². The van der Waals surface area contributed by atoms with Crippen molar-refractivity contribution in [2.45, 2.75) is 25.9 Å². The van der Waals surface area contributed by atoms with Gasteiger partial charge in [0.15, 0.2) is 0 Å². The standard InChI is InChI=1S/C15H18BrN3O/c1-2-19(10-12-4-3-7-20-12)14-5-6-17-13-8-11(16)9-18-15(13)14/h5-6,8-9,12H,2-4,7,10H2,1H3. The zero-order chi connectivity index (χ0) is 13.9. The predicted octanol–water partition coefficient (Wildman–Crippen LogP) is 3.40. The molecule has 0 saturated carbocycles. The Morgan fingerprint density at radius 1 is 1.45 bits per heavy atom. The van der Waals surface area contributed by atoms with Gasteiger partial charge in [0.05, 0.1) is 17.3 Å². The highest BCUT2D eigenvalue weighted by Crippen LogP contribution is 2.26. The number of ether oxygens (including phenoxy) is 1. The van der Waals surface area contributed by atoms with Crippen LogP contribution in [0.5, 0.6) is 0 Å². The zero-order valence-corrected chi connectivity index (χ0v) is 13.1. The fourth-order valence-electron chi connectivity index (χ4n) is 2.68. The van der Waals surface area contributed by atoms with Crippen molar-refractivity contribution in [1.29, 1.82) is 0 Å². The summed E-state index contributed by atoms with van der Waals surface area (Å²) in [4.78, 5) is 11.3. The van der Waals surface area contributed by atoms with Crippen LogP contribution in [0.25, 0.3) is 11.0 Å². The minimum Gasteiger partial charge on any atom is -0.376 e. The van der Waals surface area contributed by atoms with E-state index in [4.69, 9.17) is 4.74 Å². The molecule has 20 heavy (non-hydrogen) atoms. The molecule has 3 rings (SSSR count). The lowest BCUT2D eigenvalue weighted by molar-refractivity contribution is 0.116. The number of hydrogen-bond donors (Lipinski definition) is 0. The molecular weight excluding hydrogens is 318 g/mol. The molecule has 1 saturated heterocycles. The third-order valence-corrected chi connectivity index (χ3v) is 4.13. The molecule has 1 aliphatic heterocycles. The summed E-state index contributed by atoms with van der Waals surface area (Å²) in [6.45, 7) is 4.93. The molecule has 5 heteroatoms. The molecule has 0 radical (unpaired) electrons. The van der Waals surface area contributed by atoms with Crippen molar-refractivity contribution in [2.75, 3.05) is 24.6 Å². The molecule has 3 heterocycles. The van der Waals surface area contributed by atoms with Crippen molar-refractivity contribution in [3.05, 3.63) is 29.0 Å². The molecule has 1 atom stereocenters. The summed E-state index contributed by atoms with van der Waals surface area (Å²) in [7, 11) is 0. The van der Waals surface area contributed by atoms with Crippen LogP contribution in [0, 0.1) is 0 Å². The van der Waals surface area contributed by atoms with Crippen molar-refractivity contribution < 1.29 is 4.74 Å². The molecule has 4 nitrogen and oxygen atoms in total. The van der Waals surface area contributed by atoms with Crippen LogP contribution in [0.4, 0.5) is 5.69 Å². The smallest absolute Gasteiger partial charge is 0.112 e. The molecule has 0 spiro atoms. The van der Waals surface area contributed by atoms with Gasteiger partial charge in [-0.05, 0) is 47.8 Å². The van der Waals surface area contributed by atoms with E-state index < -0.39 is 0 Å². The predicted molar refractivity (Wildman–Crippen MR) is 84.1 cm³/mol. The van der Waals surface area contributed by atoms with Crippen LogP contribution in [-0.2, 0) is 4.74 Å². The van der Waals surface area contributed by atoms with Crippen molar-refractivity contribution in [3.63, 3.8) is 0 Å². The Kier molecular flexibility index (Phi) is 4.17. The Morgan fingerprint density at radius 3 is 3.10 bits per heavy atom. The van der Waals surface area contributed by atoms with Crippen LogP contribution in [0.3, 0.4) is 0 Å². The molecule has 0 amide bonds. The first kappa shape index (κ1) is 13.8. The molecule has 1 aliphatic rings. The summed E-state index contributed by atoms with van der Waals surface area (Å²) >= 11 is 3.45. The van der Waals surface area contributed by atoms with Gasteiger partial charge in [0.2, 0.25) is 0 Å². The van der Waals surface area contributed by atoms with Crippen LogP contribution < -0.4 is 4.90 Å². The average molecular weight is 336 g/mol. The molecule has 106 valence electrons. The second-order valence-electron chi connectivity index (χ2n) is 5.03. The van der Waals surface area contributed by atoms with Crippen molar-refractivity contribution in [2.24, 2.45) is 0 Å². The minimum absolute atomic E-state index is 0.341. The maximum absolute atomic E-state index is 5.75. The molecule has 1 fully saturated rings. The van der Waals surface area contributed by atoms with Crippen LogP contribution in [0.15, 0.2) is 29.0 Å². The Morgan fingerprint density at radius 2 is 2.35 bits per heavy atom. The summed E-state index contributed by atoms with van der Waals surface area (Å²) in [5.41, 5.74) is 3.01. The molecule has 1 unspecified atom stereocenters. The van der Waals surface area contributed by atoms with Gasteiger partial charge in [-0.1, -0.05) is 0 Å². The quantitative estimate of drug-likeness (QED) is 0.858. The SMILES string of the molecule is CCN(CC1CCCO1)c1ccnc2cc(Br)cnc12. The van der Waals surface area contributed by atoms with E-state index in [0.29, 0.717) is 6.10 Å². The van der Waals surface area contributed by atoms with Crippen molar-refractivity contribution >= 4 is 32.7 Å². The first-order valence-electron chi connectivity index (χ1n) is 7.04. The maximum Gasteiger partial charge on any atom is 0.112 e. The first-order chi connectivity index (χ1) is 9.78. The molecular formula is C15H18BrN3O. The third kappa shape index (κ3) is 2.79. The van der Waals surface area contributed by atoms with Crippen LogP contribution >= 0.6 is 15.9 Å². The number of likely N-dealkylation sites (N-methyl/N-ethyl adjacent to an activating group) is 1. The van der Waals surface area contributed by atoms with E-state index in [0.717, 1.165) is 47.3 Å². The number of hydrogen-bond acceptors (Lipinski definition) is 4. The summed E-state index contributed by atoms with van der Waals surface area (Å²) < 4.78 is 6.71. The molecule has 0 N–H and O–H groups in total. The van der Waals surface area contributed by atoms with Crippen molar-refractivity contribution in [1.82, 2.24) is 9.97 Å². The lowest BCUT2D eigenvalue weighted by Gasteiger charge is -2.26. The Labute approximate surface area is 127 Å². The normalized spacial score (nSPS) is 18.6. The van der Waals surface area contributed by atoms with E-state index in [-0.39, 0.29) is 0 Å². The van der Waals surface area contributed by atoms with Gasteiger partial charge in [0.25, 0.3) is 0 Å². The number of rotatable bonds is 4.